The topological polar surface area (TPSA) is 51.0 Å². The van der Waals surface area contributed by atoms with Crippen LogP contribution in [0.15, 0.2) is 47.6 Å². The fourth-order valence-electron chi connectivity index (χ4n) is 3.86. The Morgan fingerprint density at radius 1 is 1.06 bits per heavy atom. The van der Waals surface area contributed by atoms with Crippen LogP contribution in [0.5, 0.6) is 0 Å². The number of fused-ring (bicyclic) bond motifs is 1. The Morgan fingerprint density at radius 2 is 1.77 bits per heavy atom. The van der Waals surface area contributed by atoms with Crippen LogP contribution in [0.1, 0.15) is 53.6 Å². The molecule has 0 radical (unpaired) electrons. The third kappa shape index (κ3) is 4.43. The Morgan fingerprint density at radius 3 is 2.48 bits per heavy atom. The van der Waals surface area contributed by atoms with Gasteiger partial charge < -0.3 is 0 Å². The van der Waals surface area contributed by atoms with Gasteiger partial charge >= 0.3 is 0 Å². The summed E-state index contributed by atoms with van der Waals surface area (Å²) in [6, 6.07) is 12.3. The maximum atomic E-state index is 13.5. The average Bonchev–Trinajstić information content (AvgIpc) is 3.39. The van der Waals surface area contributed by atoms with E-state index in [1.54, 1.807) is 12.1 Å². The summed E-state index contributed by atoms with van der Waals surface area (Å²) < 4.78 is 15.4. The van der Waals surface area contributed by atoms with Gasteiger partial charge in [0.05, 0.1) is 11.3 Å². The first-order valence-electron chi connectivity index (χ1n) is 10.6. The van der Waals surface area contributed by atoms with Gasteiger partial charge in [-0.3, -0.25) is 14.3 Å². The predicted octanol–water partition coefficient (Wildman–Crippen LogP) is 4.88. The lowest BCUT2D eigenvalue weighted by molar-refractivity contribution is 0.0993. The number of carbonyl (C=O) groups is 1. The van der Waals surface area contributed by atoms with Crippen molar-refractivity contribution in [1.82, 2.24) is 19.7 Å². The van der Waals surface area contributed by atoms with Crippen molar-refractivity contribution in [3.63, 3.8) is 0 Å². The lowest BCUT2D eigenvalue weighted by Crippen LogP contribution is -2.21. The number of carbonyl (C=O) groups excluding carboxylic acids is 1. The minimum Gasteiger partial charge on any atom is -0.300 e. The second-order valence-electron chi connectivity index (χ2n) is 8.25. The van der Waals surface area contributed by atoms with E-state index in [1.165, 1.54) is 35.0 Å². The Kier molecular flexibility index (Phi) is 6.25. The van der Waals surface area contributed by atoms with Gasteiger partial charge in [-0.1, -0.05) is 23.9 Å². The zero-order chi connectivity index (χ0) is 22.1. The van der Waals surface area contributed by atoms with Crippen LogP contribution in [-0.4, -0.2) is 44.8 Å². The Bertz CT molecular complexity index is 1090. The molecular formula is C24H27FN4OS. The standard InChI is InChI=1S/C24H27FN4OS/c1-15(28(3)4)23-26-27-24(29(23)21-12-10-20(25)11-13-21)31-16(2)22(30)19-9-8-17-6-5-7-18(17)14-19/h8-16H,5-7H2,1-4H3/t15-,16+/m1/s1. The smallest absolute Gasteiger partial charge is 0.196 e. The molecule has 0 amide bonds. The van der Waals surface area contributed by atoms with Gasteiger partial charge in [0.1, 0.15) is 5.82 Å². The maximum absolute atomic E-state index is 13.5. The van der Waals surface area contributed by atoms with Crippen LogP contribution >= 0.6 is 11.8 Å². The molecule has 0 fully saturated rings. The molecule has 162 valence electrons. The number of aryl methyl sites for hydroxylation is 2. The van der Waals surface area contributed by atoms with E-state index in [2.05, 4.69) is 16.3 Å². The highest BCUT2D eigenvalue weighted by Gasteiger charge is 2.25. The third-order valence-corrected chi connectivity index (χ3v) is 6.97. The monoisotopic (exact) mass is 438 g/mol. The highest BCUT2D eigenvalue weighted by atomic mass is 32.2. The molecule has 0 aliphatic heterocycles. The van der Waals surface area contributed by atoms with Gasteiger partial charge in [0, 0.05) is 11.3 Å². The molecule has 31 heavy (non-hydrogen) atoms. The maximum Gasteiger partial charge on any atom is 0.196 e. The first-order chi connectivity index (χ1) is 14.8. The average molecular weight is 439 g/mol. The summed E-state index contributed by atoms with van der Waals surface area (Å²) in [4.78, 5) is 15.2. The number of hydrogen-bond acceptors (Lipinski definition) is 5. The van der Waals surface area contributed by atoms with Crippen LogP contribution < -0.4 is 0 Å². The molecule has 1 aliphatic carbocycles. The molecule has 2 atom stereocenters. The molecule has 0 N–H and O–H groups in total. The van der Waals surface area contributed by atoms with E-state index < -0.39 is 0 Å². The second-order valence-corrected chi connectivity index (χ2v) is 9.56. The first-order valence-corrected chi connectivity index (χ1v) is 11.4. The molecule has 1 aliphatic rings. The molecular weight excluding hydrogens is 411 g/mol. The number of hydrogen-bond donors (Lipinski definition) is 0. The van der Waals surface area contributed by atoms with Gasteiger partial charge in [0.2, 0.25) is 0 Å². The largest absolute Gasteiger partial charge is 0.300 e. The van der Waals surface area contributed by atoms with Crippen molar-refractivity contribution in [3.8, 4) is 5.69 Å². The molecule has 1 heterocycles. The highest BCUT2D eigenvalue weighted by molar-refractivity contribution is 8.00. The Balaban J connectivity index is 1.64. The minimum atomic E-state index is -0.328. The van der Waals surface area contributed by atoms with Crippen LogP contribution in [0.2, 0.25) is 0 Å². The third-order valence-electron chi connectivity index (χ3n) is 5.93. The number of Topliss-reactive ketones (excluding diaryl/α,β-unsaturated/α-hetero) is 1. The van der Waals surface area contributed by atoms with Crippen molar-refractivity contribution in [3.05, 3.63) is 70.8 Å². The molecule has 0 spiro atoms. The first kappa shape index (κ1) is 21.7. The van der Waals surface area contributed by atoms with Crippen molar-refractivity contribution in [2.24, 2.45) is 0 Å². The summed E-state index contributed by atoms with van der Waals surface area (Å²) in [6.45, 7) is 3.94. The van der Waals surface area contributed by atoms with Gasteiger partial charge in [-0.15, -0.1) is 10.2 Å². The molecule has 0 bridgehead atoms. The molecule has 7 heteroatoms. The van der Waals surface area contributed by atoms with Gasteiger partial charge in [-0.2, -0.15) is 0 Å². The van der Waals surface area contributed by atoms with E-state index >= 15 is 0 Å². The van der Waals surface area contributed by atoms with Gasteiger partial charge in [0.15, 0.2) is 16.8 Å². The van der Waals surface area contributed by atoms with Crippen molar-refractivity contribution in [1.29, 1.82) is 0 Å². The van der Waals surface area contributed by atoms with Gasteiger partial charge in [-0.25, -0.2) is 4.39 Å². The van der Waals surface area contributed by atoms with Crippen molar-refractivity contribution >= 4 is 17.5 Å². The zero-order valence-electron chi connectivity index (χ0n) is 18.3. The molecule has 4 rings (SSSR count). The van der Waals surface area contributed by atoms with E-state index in [4.69, 9.17) is 0 Å². The summed E-state index contributed by atoms with van der Waals surface area (Å²) in [5.74, 6) is 0.528. The molecule has 5 nitrogen and oxygen atoms in total. The summed E-state index contributed by atoms with van der Waals surface area (Å²) in [6.07, 6.45) is 3.30. The molecule has 0 unspecified atom stereocenters. The van der Waals surface area contributed by atoms with Crippen molar-refractivity contribution in [2.75, 3.05) is 14.1 Å². The highest BCUT2D eigenvalue weighted by Crippen LogP contribution is 2.31. The minimum absolute atomic E-state index is 0.00498. The molecule has 1 aromatic heterocycles. The number of nitrogens with zero attached hydrogens (tertiary/aromatic N) is 4. The predicted molar refractivity (Wildman–Crippen MR) is 122 cm³/mol. The van der Waals surface area contributed by atoms with Gasteiger partial charge in [0.25, 0.3) is 0 Å². The van der Waals surface area contributed by atoms with E-state index in [9.17, 15) is 9.18 Å². The van der Waals surface area contributed by atoms with Crippen molar-refractivity contribution in [2.45, 2.75) is 49.6 Å². The van der Waals surface area contributed by atoms with Crippen LogP contribution in [-0.2, 0) is 12.8 Å². The van der Waals surface area contributed by atoms with Crippen LogP contribution in [0.3, 0.4) is 0 Å². The zero-order valence-corrected chi connectivity index (χ0v) is 19.1. The second kappa shape index (κ2) is 8.93. The summed E-state index contributed by atoms with van der Waals surface area (Å²) in [5, 5.41) is 9.10. The number of halogens is 1. The number of thioether (sulfide) groups is 1. The molecule has 0 saturated heterocycles. The fourth-order valence-corrected chi connectivity index (χ4v) is 4.82. The van der Waals surface area contributed by atoms with E-state index in [-0.39, 0.29) is 22.9 Å². The van der Waals surface area contributed by atoms with Gasteiger partial charge in [-0.05, 0) is 88.7 Å². The summed E-state index contributed by atoms with van der Waals surface area (Å²) in [5.41, 5.74) is 4.17. The van der Waals surface area contributed by atoms with E-state index in [0.29, 0.717) is 5.16 Å². The van der Waals surface area contributed by atoms with Crippen molar-refractivity contribution < 1.29 is 9.18 Å². The van der Waals surface area contributed by atoms with E-state index in [1.807, 2.05) is 49.5 Å². The van der Waals surface area contributed by atoms with Crippen LogP contribution in [0, 0.1) is 5.82 Å². The van der Waals surface area contributed by atoms with Crippen LogP contribution in [0.4, 0.5) is 4.39 Å². The number of benzene rings is 2. The Hall–Kier alpha value is -2.51. The molecule has 2 aromatic carbocycles. The number of aromatic nitrogens is 3. The number of ketones is 1. The Labute approximate surface area is 186 Å². The summed E-state index contributed by atoms with van der Waals surface area (Å²) in [7, 11) is 3.95. The normalized spacial score (nSPS) is 15.2. The van der Waals surface area contributed by atoms with E-state index in [0.717, 1.165) is 36.3 Å². The van der Waals surface area contributed by atoms with Crippen LogP contribution in [0.25, 0.3) is 5.69 Å². The quantitative estimate of drug-likeness (QED) is 0.389. The molecule has 0 saturated carbocycles. The SMILES string of the molecule is C[C@H](Sc1nnc([C@@H](C)N(C)C)n1-c1ccc(F)cc1)C(=O)c1ccc2c(c1)CCC2. The number of rotatable bonds is 7. The molecule has 3 aromatic rings. The summed E-state index contributed by atoms with van der Waals surface area (Å²) >= 11 is 1.38. The lowest BCUT2D eigenvalue weighted by atomic mass is 10.0. The fraction of sp³-hybridized carbons (Fsp3) is 0.375. The lowest BCUT2D eigenvalue weighted by Gasteiger charge is -2.21.